The zero-order valence-corrected chi connectivity index (χ0v) is 76.0. The van der Waals surface area contributed by atoms with Crippen molar-refractivity contribution >= 4 is 124 Å². The predicted octanol–water partition coefficient (Wildman–Crippen LogP) is 8.88. The molecule has 34 nitrogen and oxygen atoms in total. The average Bonchev–Trinajstić information content (AvgIpc) is 1.58. The van der Waals surface area contributed by atoms with E-state index in [9.17, 15) is 105 Å². The summed E-state index contributed by atoms with van der Waals surface area (Å²) < 4.78 is 29.2. The van der Waals surface area contributed by atoms with Gasteiger partial charge in [0, 0.05) is 92.2 Å². The van der Waals surface area contributed by atoms with E-state index in [2.05, 4.69) is 45.4 Å². The topological polar surface area (TPSA) is 463 Å². The van der Waals surface area contributed by atoms with Crippen molar-refractivity contribution in [1.82, 2.24) is 66.3 Å². The van der Waals surface area contributed by atoms with Gasteiger partial charge in [-0.05, 0) is 157 Å². The van der Waals surface area contributed by atoms with Crippen LogP contribution in [0.1, 0.15) is 352 Å². The number of carbonyl (C=O) groups is 21. The minimum atomic E-state index is -2.46. The molecule has 0 bridgehead atoms. The molecule has 6 saturated heterocycles. The molecule has 6 aromatic rings. The normalized spacial score (nSPS) is 22.4. The Morgan fingerprint density at radius 1 is 0.346 bits per heavy atom. The van der Waals surface area contributed by atoms with Crippen LogP contribution in [0.5, 0.6) is 0 Å². The molecule has 0 radical (unpaired) electrons. The molecule has 0 aliphatic carbocycles. The van der Waals surface area contributed by atoms with Crippen LogP contribution in [0.4, 0.5) is 8.78 Å². The largest absolute Gasteiger partial charge is 0.322 e. The summed E-state index contributed by atoms with van der Waals surface area (Å²) in [6, 6.07) is 20.7. The van der Waals surface area contributed by atoms with Crippen LogP contribution in [0.25, 0.3) is 0 Å². The van der Waals surface area contributed by atoms with Crippen LogP contribution in [0.3, 0.4) is 0 Å². The molecule has 13 heterocycles. The molecule has 6 unspecified atom stereocenters. The molecule has 1 aromatic heterocycles. The van der Waals surface area contributed by atoms with Gasteiger partial charge in [0.25, 0.3) is 70.8 Å². The number of piperidine rings is 6. The maximum Gasteiger partial charge on any atom is 0.285 e. The Labute approximate surface area is 763 Å². The maximum atomic E-state index is 15.1. The second kappa shape index (κ2) is 37.9. The van der Waals surface area contributed by atoms with Gasteiger partial charge in [-0.3, -0.25) is 157 Å². The van der Waals surface area contributed by atoms with Crippen molar-refractivity contribution in [3.63, 3.8) is 0 Å². The van der Waals surface area contributed by atoms with Crippen LogP contribution < -0.4 is 31.9 Å². The van der Waals surface area contributed by atoms with E-state index in [4.69, 9.17) is 0 Å². The number of imide groups is 9. The molecule has 133 heavy (non-hydrogen) atoms. The van der Waals surface area contributed by atoms with Gasteiger partial charge < -0.3 is 9.80 Å². The lowest BCUT2D eigenvalue weighted by atomic mass is 9.89. The molecule has 21 amide bonds. The Balaban J connectivity index is 0.000000136. The van der Waals surface area contributed by atoms with E-state index in [-0.39, 0.29) is 159 Å². The summed E-state index contributed by atoms with van der Waals surface area (Å²) in [6.07, 6.45) is 3.19. The number of carbonyl (C=O) groups excluding carboxylic acids is 21. The Hall–Kier alpha value is -14.2. The highest BCUT2D eigenvalue weighted by molar-refractivity contribution is 6.27. The molecule has 12 aliphatic rings. The monoisotopic (exact) mass is 1820 g/mol. The van der Waals surface area contributed by atoms with Crippen molar-refractivity contribution in [2.24, 2.45) is 0 Å². The molecule has 12 aliphatic heterocycles. The molecule has 6 fully saturated rings. The molecule has 5 aromatic carbocycles. The van der Waals surface area contributed by atoms with E-state index in [1.807, 2.05) is 118 Å². The van der Waals surface area contributed by atoms with Crippen LogP contribution in [-0.4, -0.2) is 194 Å². The van der Waals surface area contributed by atoms with Gasteiger partial charge in [0.05, 0.1) is 39.9 Å². The SMILES string of the molecule is CC(C)c1ccc(F)c2c1C(=O)N(C1CCC(=O)NC1=O)C2=O.CC(C)c1cccc2c1C(=O)N(C1CCC(=O)NC1=O)C2=O.CC(C)c1cccc2c1CN(C1(C)CCC(=O)NC1=O)C2=O.CC(C)c1cccc2c1CN(C1(F)CCC(=O)NC1=O)C2=O.CC(C)c1nccc2c1CN(C1CCC(=O)NC1=O)C2=O.Cc1cc2c(c(C(C)C)c1)C(=O)N(C1CCC(=O)NC1=O)C2=O. The number of nitrogens with one attached hydrogen (secondary N) is 6. The first-order valence-electron chi connectivity index (χ1n) is 44.3. The quantitative estimate of drug-likeness (QED) is 0.0492. The lowest BCUT2D eigenvalue weighted by Gasteiger charge is -2.39. The summed E-state index contributed by atoms with van der Waals surface area (Å²) in [5.41, 5.74) is 10.7. The van der Waals surface area contributed by atoms with Gasteiger partial charge in [-0.2, -0.15) is 0 Å². The molecule has 18 rings (SSSR count). The van der Waals surface area contributed by atoms with Crippen LogP contribution in [0.15, 0.2) is 91.1 Å². The minimum Gasteiger partial charge on any atom is -0.322 e. The number of pyridine rings is 1. The van der Waals surface area contributed by atoms with Crippen LogP contribution in [0, 0.1) is 12.7 Å². The zero-order valence-electron chi connectivity index (χ0n) is 76.0. The first-order valence-corrected chi connectivity index (χ1v) is 44.3. The van der Waals surface area contributed by atoms with Crippen LogP contribution >= 0.6 is 0 Å². The smallest absolute Gasteiger partial charge is 0.285 e. The number of nitrogens with zero attached hydrogens (tertiary/aromatic N) is 7. The number of hydrogen-bond acceptors (Lipinski definition) is 22. The molecular formula is C97H103F2N13O21. The Bertz CT molecular complexity index is 5980. The minimum absolute atomic E-state index is 0.0229. The predicted molar refractivity (Wildman–Crippen MR) is 468 cm³/mol. The van der Waals surface area contributed by atoms with Crippen molar-refractivity contribution in [2.75, 3.05) is 0 Å². The first kappa shape index (κ1) is 96.3. The summed E-state index contributed by atoms with van der Waals surface area (Å²) >= 11 is 0. The van der Waals surface area contributed by atoms with E-state index in [0.717, 1.165) is 75.9 Å². The number of fused-ring (bicyclic) bond motifs is 6. The fourth-order valence-corrected chi connectivity index (χ4v) is 18.8. The van der Waals surface area contributed by atoms with Crippen LogP contribution in [-0.2, 0) is 77.2 Å². The molecule has 36 heteroatoms. The molecule has 0 saturated carbocycles. The third-order valence-electron chi connectivity index (χ3n) is 25.8. The molecule has 0 spiro atoms. The van der Waals surface area contributed by atoms with Crippen molar-refractivity contribution in [1.29, 1.82) is 0 Å². The zero-order chi connectivity index (χ0) is 97.1. The van der Waals surface area contributed by atoms with Crippen molar-refractivity contribution in [3.8, 4) is 0 Å². The molecule has 6 N–H and O–H groups in total. The van der Waals surface area contributed by atoms with Gasteiger partial charge in [-0.1, -0.05) is 137 Å². The lowest BCUT2D eigenvalue weighted by Crippen LogP contribution is -2.61. The van der Waals surface area contributed by atoms with Gasteiger partial charge in [0.2, 0.25) is 59.1 Å². The number of amides is 21. The highest BCUT2D eigenvalue weighted by atomic mass is 19.1. The molecular weight excluding hydrogens is 1720 g/mol. The number of aryl methyl sites for hydroxylation is 1. The number of alkyl halides is 1. The highest BCUT2D eigenvalue weighted by Gasteiger charge is 2.56. The summed E-state index contributed by atoms with van der Waals surface area (Å²) in [4.78, 5) is 265. The van der Waals surface area contributed by atoms with Gasteiger partial charge in [0.15, 0.2) is 0 Å². The standard InChI is InChI=1S/C17H18N2O4.C17H20N2O3.C16H15FN2O4.C16H17FN2O3.C16H16N2O4.C15H17N3O3/c1-8(2)10-6-9(3)7-11-14(10)17(23)19(16(11)22)12-4-5-13(20)18-15(12)21;1-10(2)11-5-4-6-12-13(11)9-19(15(12)21)17(3)8-7-14(20)18-16(17)22;1-7(2)8-3-4-9(17)13-12(8)15(22)19(16(13)23)10-5-6-11(20)18-14(10)21;1-9(2)10-4-3-5-11-12(10)8-19(14(11)21)16(17)7-6-13(20)18-15(16)22;1-8(2)9-4-3-5-10-13(9)16(22)18(15(10)21)11-6-7-12(19)17-14(11)20;1-8(2)13-10-7-18(15(21)9(10)5-6-16-13)11-3-4-12(19)17-14(11)20/h6-8,12H,4-5H2,1-3H3,(H,18,20,21);4-6,10H,7-9H2,1-3H3,(H,18,20,22);3-4,7,10H,5-6H2,1-2H3,(H,18,20,21);3-5,9H,6-8H2,1-2H3,(H,18,20,22);3-5,8,11H,6-7H2,1-2H3,(H,17,19,20);5-6,8,11H,3-4,7H2,1-2H3,(H,17,19,20). The number of hydrogen-bond donors (Lipinski definition) is 6. The second-order valence-corrected chi connectivity index (χ2v) is 36.6. The van der Waals surface area contributed by atoms with Crippen molar-refractivity contribution < 1.29 is 109 Å². The second-order valence-electron chi connectivity index (χ2n) is 36.6. The Morgan fingerprint density at radius 3 is 1.19 bits per heavy atom. The van der Waals surface area contributed by atoms with E-state index in [1.54, 1.807) is 59.3 Å². The number of benzene rings is 5. The fraction of sp³-hybridized carbons (Fsp3) is 0.423. The number of aromatic nitrogens is 1. The van der Waals surface area contributed by atoms with Gasteiger partial charge in [-0.25, -0.2) is 8.78 Å². The van der Waals surface area contributed by atoms with E-state index in [0.29, 0.717) is 76.4 Å². The summed E-state index contributed by atoms with van der Waals surface area (Å²) in [7, 11) is 0. The van der Waals surface area contributed by atoms with Crippen molar-refractivity contribution in [2.45, 2.75) is 265 Å². The van der Waals surface area contributed by atoms with Crippen LogP contribution in [0.2, 0.25) is 0 Å². The molecule has 6 atom stereocenters. The van der Waals surface area contributed by atoms with E-state index in [1.165, 1.54) is 6.07 Å². The lowest BCUT2D eigenvalue weighted by molar-refractivity contribution is -0.154. The Morgan fingerprint density at radius 2 is 0.729 bits per heavy atom. The average molecular weight is 1820 g/mol. The van der Waals surface area contributed by atoms with E-state index < -0.39 is 118 Å². The maximum absolute atomic E-state index is 15.1. The Kier molecular flexibility index (Phi) is 27.5. The summed E-state index contributed by atoms with van der Waals surface area (Å²) in [5.74, 6) is -12.4. The molecule has 696 valence electrons. The summed E-state index contributed by atoms with van der Waals surface area (Å²) in [6.45, 7) is 28.2. The third-order valence-corrected chi connectivity index (χ3v) is 25.8. The third kappa shape index (κ3) is 18.2. The number of halogens is 2. The van der Waals surface area contributed by atoms with Gasteiger partial charge in [-0.15, -0.1) is 0 Å². The van der Waals surface area contributed by atoms with Gasteiger partial charge >= 0.3 is 0 Å². The number of rotatable bonds is 12. The van der Waals surface area contributed by atoms with E-state index >= 15 is 4.39 Å². The summed E-state index contributed by atoms with van der Waals surface area (Å²) in [5, 5.41) is 13.1. The fourth-order valence-electron chi connectivity index (χ4n) is 18.8. The highest BCUT2D eigenvalue weighted by Crippen LogP contribution is 2.43. The van der Waals surface area contributed by atoms with Crippen molar-refractivity contribution in [3.05, 3.63) is 203 Å². The first-order chi connectivity index (χ1) is 62.7. The van der Waals surface area contributed by atoms with Gasteiger partial charge in [0.1, 0.15) is 35.5 Å².